The van der Waals surface area contributed by atoms with E-state index in [1.807, 2.05) is 0 Å². The Balaban J connectivity index is 1.52. The molecule has 0 aliphatic carbocycles. The van der Waals surface area contributed by atoms with Crippen LogP contribution in [-0.4, -0.2) is 27.9 Å². The zero-order valence-electron chi connectivity index (χ0n) is 22.5. The van der Waals surface area contributed by atoms with E-state index in [4.69, 9.17) is 0 Å². The van der Waals surface area contributed by atoms with Crippen LogP contribution in [0.4, 0.5) is 21.5 Å². The SMILES string of the molecule is CC(Sc1cccc(NC(=O)/C(=C\c2ccccc2[N+](=O)[O-])NC(=O)c2ccccc2)c1)C(=O)Nc1ccc(Br)cc1F. The quantitative estimate of drug-likeness (QED) is 0.0724. The highest BCUT2D eigenvalue weighted by atomic mass is 79.9. The highest BCUT2D eigenvalue weighted by Crippen LogP contribution is 2.28. The van der Waals surface area contributed by atoms with Crippen LogP contribution in [0.25, 0.3) is 6.08 Å². The van der Waals surface area contributed by atoms with Crippen LogP contribution in [0.2, 0.25) is 0 Å². The summed E-state index contributed by atoms with van der Waals surface area (Å²) in [6.45, 7) is 1.66. The van der Waals surface area contributed by atoms with Crippen LogP contribution < -0.4 is 16.0 Å². The van der Waals surface area contributed by atoms with Gasteiger partial charge in [0.2, 0.25) is 5.91 Å². The normalized spacial score (nSPS) is 11.7. The number of rotatable bonds is 10. The second-order valence-corrected chi connectivity index (χ2v) is 11.4. The van der Waals surface area contributed by atoms with E-state index in [9.17, 15) is 28.9 Å². The Bertz CT molecular complexity index is 1720. The molecule has 1 unspecified atom stereocenters. The number of thioether (sulfide) groups is 1. The van der Waals surface area contributed by atoms with Crippen molar-refractivity contribution in [3.05, 3.63) is 134 Å². The zero-order chi connectivity index (χ0) is 30.9. The molecule has 0 spiro atoms. The predicted octanol–water partition coefficient (Wildman–Crippen LogP) is 7.03. The molecular weight excluding hydrogens is 639 g/mol. The summed E-state index contributed by atoms with van der Waals surface area (Å²) in [5.41, 5.74) is 0.358. The molecule has 9 nitrogen and oxygen atoms in total. The maximum Gasteiger partial charge on any atom is 0.276 e. The van der Waals surface area contributed by atoms with Crippen molar-refractivity contribution in [3.8, 4) is 0 Å². The summed E-state index contributed by atoms with van der Waals surface area (Å²) in [5.74, 6) is -2.29. The Kier molecular flexibility index (Phi) is 10.4. The van der Waals surface area contributed by atoms with Crippen molar-refractivity contribution in [2.45, 2.75) is 17.1 Å². The first-order valence-corrected chi connectivity index (χ1v) is 14.4. The third-order valence-corrected chi connectivity index (χ3v) is 7.51. The van der Waals surface area contributed by atoms with Gasteiger partial charge in [-0.15, -0.1) is 11.8 Å². The van der Waals surface area contributed by atoms with Gasteiger partial charge in [-0.3, -0.25) is 24.5 Å². The molecule has 12 heteroatoms. The van der Waals surface area contributed by atoms with Gasteiger partial charge in [0.15, 0.2) is 0 Å². The lowest BCUT2D eigenvalue weighted by Gasteiger charge is -2.14. The van der Waals surface area contributed by atoms with Gasteiger partial charge in [0.1, 0.15) is 11.5 Å². The molecule has 218 valence electrons. The van der Waals surface area contributed by atoms with Crippen molar-refractivity contribution >= 4 is 68.6 Å². The standard InChI is InChI=1S/C31H24BrFN4O5S/c1-19(29(38)35-26-15-14-22(32)17-25(26)33)43-24-12-7-11-23(18-24)34-31(40)27(36-30(39)20-8-3-2-4-9-20)16-21-10-5-6-13-28(21)37(41)42/h2-19H,1H3,(H,34,40)(H,35,38)(H,36,39)/b27-16+. The number of hydrogen-bond acceptors (Lipinski definition) is 6. The Labute approximate surface area is 258 Å². The fourth-order valence-corrected chi connectivity index (χ4v) is 5.06. The van der Waals surface area contributed by atoms with Crippen molar-refractivity contribution in [3.63, 3.8) is 0 Å². The lowest BCUT2D eigenvalue weighted by Crippen LogP contribution is -2.30. The van der Waals surface area contributed by atoms with E-state index in [2.05, 4.69) is 31.9 Å². The Morgan fingerprint density at radius 1 is 0.930 bits per heavy atom. The molecule has 0 saturated heterocycles. The fourth-order valence-electron chi connectivity index (χ4n) is 3.80. The van der Waals surface area contributed by atoms with Gasteiger partial charge in [-0.25, -0.2) is 4.39 Å². The molecule has 3 amide bonds. The predicted molar refractivity (Wildman–Crippen MR) is 168 cm³/mol. The number of nitrogens with one attached hydrogen (secondary N) is 3. The first-order valence-electron chi connectivity index (χ1n) is 12.8. The highest BCUT2D eigenvalue weighted by molar-refractivity contribution is 9.10. The number of amides is 3. The summed E-state index contributed by atoms with van der Waals surface area (Å²) in [7, 11) is 0. The fraction of sp³-hybridized carbons (Fsp3) is 0.0645. The average molecular weight is 664 g/mol. The zero-order valence-corrected chi connectivity index (χ0v) is 24.9. The third kappa shape index (κ3) is 8.60. The molecule has 0 fully saturated rings. The Hall–Kier alpha value is -4.81. The van der Waals surface area contributed by atoms with Crippen molar-refractivity contribution in [1.29, 1.82) is 0 Å². The van der Waals surface area contributed by atoms with Crippen LogP contribution in [-0.2, 0) is 9.59 Å². The van der Waals surface area contributed by atoms with Crippen molar-refractivity contribution in [1.82, 2.24) is 5.32 Å². The number of nitro benzene ring substituents is 1. The van der Waals surface area contributed by atoms with Crippen LogP contribution in [0.3, 0.4) is 0 Å². The molecular formula is C31H24BrFN4O5S. The van der Waals surface area contributed by atoms with Gasteiger partial charge >= 0.3 is 0 Å². The maximum atomic E-state index is 14.2. The first-order chi connectivity index (χ1) is 20.6. The summed E-state index contributed by atoms with van der Waals surface area (Å²) in [5, 5.41) is 18.8. The molecule has 0 aliphatic heterocycles. The van der Waals surface area contributed by atoms with Gasteiger partial charge in [-0.2, -0.15) is 0 Å². The second-order valence-electron chi connectivity index (χ2n) is 9.05. The van der Waals surface area contributed by atoms with Crippen molar-refractivity contribution in [2.75, 3.05) is 10.6 Å². The van der Waals surface area contributed by atoms with Gasteiger partial charge < -0.3 is 16.0 Å². The topological polar surface area (TPSA) is 130 Å². The number of hydrogen-bond donors (Lipinski definition) is 3. The molecule has 0 bridgehead atoms. The smallest absolute Gasteiger partial charge is 0.276 e. The summed E-state index contributed by atoms with van der Waals surface area (Å²) in [6, 6.07) is 25.0. The van der Waals surface area contributed by atoms with Crippen molar-refractivity contribution in [2.24, 2.45) is 0 Å². The molecule has 0 aromatic heterocycles. The average Bonchev–Trinajstić information content (AvgIpc) is 2.99. The molecule has 3 N–H and O–H groups in total. The summed E-state index contributed by atoms with van der Waals surface area (Å²) in [4.78, 5) is 50.6. The number of carbonyl (C=O) groups is 3. The van der Waals surface area contributed by atoms with Crippen LogP contribution >= 0.6 is 27.7 Å². The molecule has 0 heterocycles. The number of carbonyl (C=O) groups excluding carboxylic acids is 3. The maximum absolute atomic E-state index is 14.2. The number of anilines is 2. The molecule has 4 rings (SSSR count). The molecule has 0 saturated carbocycles. The van der Waals surface area contributed by atoms with E-state index < -0.39 is 33.7 Å². The van der Waals surface area contributed by atoms with E-state index in [1.54, 1.807) is 73.7 Å². The second kappa shape index (κ2) is 14.4. The number of benzene rings is 4. The molecule has 1 atom stereocenters. The van der Waals surface area contributed by atoms with E-state index in [0.717, 1.165) is 0 Å². The monoisotopic (exact) mass is 662 g/mol. The number of nitrogens with zero attached hydrogens (tertiary/aromatic N) is 1. The van der Waals surface area contributed by atoms with Crippen LogP contribution in [0.5, 0.6) is 0 Å². The summed E-state index contributed by atoms with van der Waals surface area (Å²) in [6.07, 6.45) is 1.24. The minimum atomic E-state index is -0.721. The van der Waals surface area contributed by atoms with E-state index in [1.165, 1.54) is 48.2 Å². The Morgan fingerprint density at radius 3 is 2.37 bits per heavy atom. The highest BCUT2D eigenvalue weighted by Gasteiger charge is 2.20. The molecule has 0 radical (unpaired) electrons. The molecule has 0 aliphatic rings. The van der Waals surface area contributed by atoms with Gasteiger partial charge in [-0.1, -0.05) is 52.3 Å². The minimum absolute atomic E-state index is 0.0529. The lowest BCUT2D eigenvalue weighted by atomic mass is 10.1. The third-order valence-electron chi connectivity index (χ3n) is 5.93. The van der Waals surface area contributed by atoms with Gasteiger partial charge in [0, 0.05) is 26.7 Å². The van der Waals surface area contributed by atoms with Gasteiger partial charge in [-0.05, 0) is 67.6 Å². The van der Waals surface area contributed by atoms with Gasteiger partial charge in [0.25, 0.3) is 17.5 Å². The van der Waals surface area contributed by atoms with Crippen molar-refractivity contribution < 1.29 is 23.7 Å². The number of para-hydroxylation sites is 1. The summed E-state index contributed by atoms with van der Waals surface area (Å²) >= 11 is 4.37. The van der Waals surface area contributed by atoms with Crippen LogP contribution in [0, 0.1) is 15.9 Å². The lowest BCUT2D eigenvalue weighted by molar-refractivity contribution is -0.385. The molecule has 4 aromatic rings. The molecule has 43 heavy (non-hydrogen) atoms. The van der Waals surface area contributed by atoms with E-state index in [-0.39, 0.29) is 28.2 Å². The largest absolute Gasteiger partial charge is 0.323 e. The summed E-state index contributed by atoms with van der Waals surface area (Å²) < 4.78 is 14.7. The van der Waals surface area contributed by atoms with E-state index >= 15 is 0 Å². The van der Waals surface area contributed by atoms with Gasteiger partial charge in [0.05, 0.1) is 21.4 Å². The Morgan fingerprint density at radius 2 is 1.65 bits per heavy atom. The van der Waals surface area contributed by atoms with E-state index in [0.29, 0.717) is 15.1 Å². The van der Waals surface area contributed by atoms with Crippen LogP contribution in [0.1, 0.15) is 22.8 Å². The van der Waals surface area contributed by atoms with Crippen LogP contribution in [0.15, 0.2) is 112 Å². The minimum Gasteiger partial charge on any atom is -0.323 e. The number of halogens is 2. The molecule has 4 aromatic carbocycles. The number of nitro groups is 1. The first kappa shape index (κ1) is 31.1.